The first-order valence-corrected chi connectivity index (χ1v) is 8.30. The molecule has 0 heterocycles. The van der Waals surface area contributed by atoms with Gasteiger partial charge in [-0.05, 0) is 52.5 Å². The van der Waals surface area contributed by atoms with Crippen LogP contribution in [0.1, 0.15) is 37.4 Å². The lowest BCUT2D eigenvalue weighted by Gasteiger charge is -2.16. The van der Waals surface area contributed by atoms with E-state index in [2.05, 4.69) is 57.8 Å². The van der Waals surface area contributed by atoms with Gasteiger partial charge in [-0.1, -0.05) is 49.7 Å². The third kappa shape index (κ3) is 4.60. The van der Waals surface area contributed by atoms with Crippen molar-refractivity contribution in [3.63, 3.8) is 0 Å². The third-order valence-corrected chi connectivity index (χ3v) is 4.18. The van der Waals surface area contributed by atoms with Crippen molar-refractivity contribution in [3.8, 4) is 0 Å². The molecule has 0 aliphatic heterocycles. The Balaban J connectivity index is 1.94. The predicted molar refractivity (Wildman–Crippen MR) is 95.1 cm³/mol. The molecule has 1 atom stereocenters. The highest BCUT2D eigenvalue weighted by Gasteiger charge is 2.10. The highest BCUT2D eigenvalue weighted by molar-refractivity contribution is 9.10. The second-order valence-electron chi connectivity index (χ2n) is 5.29. The molecular formula is C18H21BrN2O. The maximum Gasteiger partial charge on any atom is 0.319 e. The second-order valence-corrected chi connectivity index (χ2v) is 6.15. The van der Waals surface area contributed by atoms with Crippen molar-refractivity contribution in [2.75, 3.05) is 5.32 Å². The lowest BCUT2D eigenvalue weighted by molar-refractivity contribution is 0.249. The highest BCUT2D eigenvalue weighted by atomic mass is 79.9. The summed E-state index contributed by atoms with van der Waals surface area (Å²) in [6, 6.07) is 15.7. The van der Waals surface area contributed by atoms with E-state index in [1.807, 2.05) is 31.2 Å². The Bertz CT molecular complexity index is 625. The molecule has 0 saturated carbocycles. The average molecular weight is 361 g/mol. The minimum atomic E-state index is -0.211. The van der Waals surface area contributed by atoms with Crippen LogP contribution in [0.2, 0.25) is 0 Å². The number of halogens is 1. The summed E-state index contributed by atoms with van der Waals surface area (Å²) in [5.74, 6) is 0. The summed E-state index contributed by atoms with van der Waals surface area (Å²) in [5, 5.41) is 5.80. The molecule has 0 saturated heterocycles. The van der Waals surface area contributed by atoms with Crippen molar-refractivity contribution in [2.24, 2.45) is 0 Å². The molecule has 2 aromatic carbocycles. The number of hydrogen-bond donors (Lipinski definition) is 2. The van der Waals surface area contributed by atoms with Gasteiger partial charge >= 0.3 is 6.03 Å². The Hall–Kier alpha value is -1.81. The number of nitrogens with one attached hydrogen (secondary N) is 2. The molecule has 0 spiro atoms. The summed E-state index contributed by atoms with van der Waals surface area (Å²) in [5.41, 5.74) is 3.18. The monoisotopic (exact) mass is 360 g/mol. The average Bonchev–Trinajstić information content (AvgIpc) is 2.50. The Labute approximate surface area is 140 Å². The number of carbonyl (C=O) groups excluding carboxylic acids is 1. The van der Waals surface area contributed by atoms with E-state index < -0.39 is 0 Å². The molecule has 0 aromatic heterocycles. The quantitative estimate of drug-likeness (QED) is 0.747. The van der Waals surface area contributed by atoms with Crippen LogP contribution in [0.4, 0.5) is 10.5 Å². The van der Waals surface area contributed by atoms with Gasteiger partial charge in [0.15, 0.2) is 0 Å². The van der Waals surface area contributed by atoms with Gasteiger partial charge in [0.1, 0.15) is 0 Å². The molecule has 2 aromatic rings. The topological polar surface area (TPSA) is 41.1 Å². The van der Waals surface area contributed by atoms with Crippen LogP contribution in [0.25, 0.3) is 0 Å². The minimum absolute atomic E-state index is 0.0434. The zero-order valence-corrected chi connectivity index (χ0v) is 14.5. The van der Waals surface area contributed by atoms with Crippen molar-refractivity contribution in [2.45, 2.75) is 32.7 Å². The van der Waals surface area contributed by atoms with Gasteiger partial charge in [0.25, 0.3) is 0 Å². The molecule has 22 heavy (non-hydrogen) atoms. The molecule has 2 rings (SSSR count). The fourth-order valence-corrected chi connectivity index (χ4v) is 2.65. The predicted octanol–water partition coefficient (Wildman–Crippen LogP) is 5.28. The van der Waals surface area contributed by atoms with E-state index in [-0.39, 0.29) is 12.1 Å². The molecule has 0 fully saturated rings. The molecule has 2 N–H and O–H groups in total. The van der Waals surface area contributed by atoms with Crippen molar-refractivity contribution in [3.05, 3.63) is 64.1 Å². The van der Waals surface area contributed by atoms with Gasteiger partial charge in [-0.3, -0.25) is 0 Å². The van der Waals surface area contributed by atoms with Crippen LogP contribution in [0, 0.1) is 0 Å². The van der Waals surface area contributed by atoms with E-state index in [4.69, 9.17) is 0 Å². The maximum absolute atomic E-state index is 12.1. The van der Waals surface area contributed by atoms with Crippen LogP contribution in [0.3, 0.4) is 0 Å². The van der Waals surface area contributed by atoms with Crippen LogP contribution in [0.5, 0.6) is 0 Å². The molecular weight excluding hydrogens is 340 g/mol. The Kier molecular flexibility index (Phi) is 6.01. The zero-order chi connectivity index (χ0) is 15.9. The largest absolute Gasteiger partial charge is 0.331 e. The first kappa shape index (κ1) is 16.6. The third-order valence-electron chi connectivity index (χ3n) is 3.49. The molecule has 2 amide bonds. The van der Waals surface area contributed by atoms with E-state index >= 15 is 0 Å². The second kappa shape index (κ2) is 7.99. The Morgan fingerprint density at radius 3 is 2.45 bits per heavy atom. The van der Waals surface area contributed by atoms with Gasteiger partial charge in [-0.15, -0.1) is 0 Å². The number of rotatable bonds is 5. The fraction of sp³-hybridized carbons (Fsp3) is 0.278. The van der Waals surface area contributed by atoms with Gasteiger partial charge in [0, 0.05) is 4.47 Å². The normalized spacial score (nSPS) is 11.8. The van der Waals surface area contributed by atoms with Gasteiger partial charge in [0.05, 0.1) is 11.7 Å². The fourth-order valence-electron chi connectivity index (χ4n) is 2.26. The molecule has 3 nitrogen and oxygen atoms in total. The van der Waals surface area contributed by atoms with E-state index in [1.54, 1.807) is 0 Å². The summed E-state index contributed by atoms with van der Waals surface area (Å²) < 4.78 is 0.863. The molecule has 0 aliphatic rings. The van der Waals surface area contributed by atoms with Crippen LogP contribution in [-0.4, -0.2) is 6.03 Å². The van der Waals surface area contributed by atoms with E-state index in [0.717, 1.165) is 28.6 Å². The van der Waals surface area contributed by atoms with E-state index in [9.17, 15) is 4.79 Å². The first-order valence-electron chi connectivity index (χ1n) is 7.51. The van der Waals surface area contributed by atoms with Gasteiger partial charge < -0.3 is 10.6 Å². The smallest absolute Gasteiger partial charge is 0.319 e. The number of benzene rings is 2. The van der Waals surface area contributed by atoms with Gasteiger partial charge in [-0.2, -0.15) is 0 Å². The maximum atomic E-state index is 12.1. The van der Waals surface area contributed by atoms with Gasteiger partial charge in [-0.25, -0.2) is 4.79 Å². The number of carbonyl (C=O) groups is 1. The summed E-state index contributed by atoms with van der Waals surface area (Å²) in [4.78, 5) is 12.1. The number of para-hydroxylation sites is 1. The van der Waals surface area contributed by atoms with Crippen molar-refractivity contribution >= 4 is 27.6 Å². The molecule has 0 radical (unpaired) electrons. The summed E-state index contributed by atoms with van der Waals surface area (Å²) in [7, 11) is 0. The number of urea groups is 1. The SMILES string of the molecule is CCCc1ccc(C(C)NC(=O)Nc2ccccc2Br)cc1. The first-order chi connectivity index (χ1) is 10.6. The van der Waals surface area contributed by atoms with Crippen molar-refractivity contribution < 1.29 is 4.79 Å². The van der Waals surface area contributed by atoms with Crippen molar-refractivity contribution in [1.82, 2.24) is 5.32 Å². The summed E-state index contributed by atoms with van der Waals surface area (Å²) in [6.07, 6.45) is 2.23. The van der Waals surface area contributed by atoms with Crippen LogP contribution in [-0.2, 0) is 6.42 Å². The van der Waals surface area contributed by atoms with Crippen LogP contribution < -0.4 is 10.6 Å². The zero-order valence-electron chi connectivity index (χ0n) is 12.9. The summed E-state index contributed by atoms with van der Waals surface area (Å²) >= 11 is 3.42. The Morgan fingerprint density at radius 1 is 1.14 bits per heavy atom. The summed E-state index contributed by atoms with van der Waals surface area (Å²) in [6.45, 7) is 4.15. The number of aryl methyl sites for hydroxylation is 1. The molecule has 0 aliphatic carbocycles. The van der Waals surface area contributed by atoms with Crippen LogP contribution in [0.15, 0.2) is 53.0 Å². The molecule has 116 valence electrons. The van der Waals surface area contributed by atoms with Gasteiger partial charge in [0.2, 0.25) is 0 Å². The van der Waals surface area contributed by atoms with Crippen molar-refractivity contribution in [1.29, 1.82) is 0 Å². The Morgan fingerprint density at radius 2 is 1.82 bits per heavy atom. The van der Waals surface area contributed by atoms with Crippen LogP contribution >= 0.6 is 15.9 Å². The van der Waals surface area contributed by atoms with E-state index in [1.165, 1.54) is 5.56 Å². The molecule has 1 unspecified atom stereocenters. The number of amides is 2. The molecule has 0 bridgehead atoms. The number of anilines is 1. The number of hydrogen-bond acceptors (Lipinski definition) is 1. The standard InChI is InChI=1S/C18H21BrN2O/c1-3-6-14-9-11-15(12-10-14)13(2)20-18(22)21-17-8-5-4-7-16(17)19/h4-5,7-13H,3,6H2,1-2H3,(H2,20,21,22). The lowest BCUT2D eigenvalue weighted by atomic mass is 10.0. The minimum Gasteiger partial charge on any atom is -0.331 e. The molecule has 4 heteroatoms. The highest BCUT2D eigenvalue weighted by Crippen LogP contribution is 2.21. The lowest BCUT2D eigenvalue weighted by Crippen LogP contribution is -2.31. The van der Waals surface area contributed by atoms with E-state index in [0.29, 0.717) is 0 Å².